The van der Waals surface area contributed by atoms with Gasteiger partial charge >= 0.3 is 0 Å². The Labute approximate surface area is 71.6 Å². The van der Waals surface area contributed by atoms with Gasteiger partial charge in [0.25, 0.3) is 0 Å². The molecule has 0 saturated carbocycles. The maximum absolute atomic E-state index is 9.43. The Morgan fingerprint density at radius 2 is 2.25 bits per heavy atom. The van der Waals surface area contributed by atoms with Gasteiger partial charge in [0.1, 0.15) is 0 Å². The van der Waals surface area contributed by atoms with E-state index < -0.39 is 6.10 Å². The molecule has 2 atom stereocenters. The molecule has 1 N–H and O–H groups in total. The first-order valence-corrected chi connectivity index (χ1v) is 4.11. The highest BCUT2D eigenvalue weighted by Crippen LogP contribution is 2.15. The van der Waals surface area contributed by atoms with Crippen LogP contribution >= 0.6 is 0 Å². The van der Waals surface area contributed by atoms with Crippen molar-refractivity contribution in [2.75, 3.05) is 13.1 Å². The van der Waals surface area contributed by atoms with E-state index in [2.05, 4.69) is 28.8 Å². The SMILES string of the molecule is CC(C)N1CC(O)C(N=[N+]=[N-])C1. The zero-order chi connectivity index (χ0) is 9.14. The van der Waals surface area contributed by atoms with E-state index >= 15 is 0 Å². The van der Waals surface area contributed by atoms with Gasteiger partial charge in [-0.15, -0.1) is 0 Å². The first-order valence-electron chi connectivity index (χ1n) is 4.11. The minimum atomic E-state index is -0.497. The fourth-order valence-electron chi connectivity index (χ4n) is 1.40. The number of azide groups is 1. The zero-order valence-corrected chi connectivity index (χ0v) is 7.38. The van der Waals surface area contributed by atoms with E-state index in [1.807, 2.05) is 0 Å². The van der Waals surface area contributed by atoms with Crippen molar-refractivity contribution in [3.63, 3.8) is 0 Å². The number of hydrogen-bond donors (Lipinski definition) is 1. The molecule has 1 heterocycles. The Kier molecular flexibility index (Phi) is 2.92. The highest BCUT2D eigenvalue weighted by molar-refractivity contribution is 4.90. The van der Waals surface area contributed by atoms with Crippen molar-refractivity contribution in [2.45, 2.75) is 32.0 Å². The highest BCUT2D eigenvalue weighted by Gasteiger charge is 2.31. The van der Waals surface area contributed by atoms with E-state index in [1.54, 1.807) is 0 Å². The molecule has 12 heavy (non-hydrogen) atoms. The third-order valence-electron chi connectivity index (χ3n) is 2.22. The molecule has 2 unspecified atom stereocenters. The molecule has 0 aromatic carbocycles. The Hall–Kier alpha value is -0.770. The Morgan fingerprint density at radius 1 is 1.58 bits per heavy atom. The molecule has 1 fully saturated rings. The van der Waals surface area contributed by atoms with E-state index in [9.17, 15) is 5.11 Å². The first-order chi connectivity index (χ1) is 5.65. The van der Waals surface area contributed by atoms with Crippen LogP contribution in [0, 0.1) is 0 Å². The average Bonchev–Trinajstić information content (AvgIpc) is 2.34. The minimum absolute atomic E-state index is 0.266. The summed E-state index contributed by atoms with van der Waals surface area (Å²) in [4.78, 5) is 4.80. The van der Waals surface area contributed by atoms with E-state index in [0.717, 1.165) is 0 Å². The Bertz CT molecular complexity index is 200. The zero-order valence-electron chi connectivity index (χ0n) is 7.38. The van der Waals surface area contributed by atoms with Gasteiger partial charge in [-0.3, -0.25) is 4.90 Å². The molecule has 68 valence electrons. The Morgan fingerprint density at radius 3 is 2.67 bits per heavy atom. The van der Waals surface area contributed by atoms with Gasteiger partial charge in [-0.2, -0.15) is 0 Å². The van der Waals surface area contributed by atoms with Crippen LogP contribution in [0.1, 0.15) is 13.8 Å². The topological polar surface area (TPSA) is 72.2 Å². The number of β-amino-alcohol motifs (C(OH)–C–C–N with tert-alkyl or cyclic N) is 1. The summed E-state index contributed by atoms with van der Waals surface area (Å²) < 4.78 is 0. The summed E-state index contributed by atoms with van der Waals surface area (Å²) in [6.45, 7) is 5.40. The third-order valence-corrected chi connectivity index (χ3v) is 2.22. The van der Waals surface area contributed by atoms with Crippen LogP contribution in [-0.2, 0) is 0 Å². The number of likely N-dealkylation sites (tertiary alicyclic amines) is 1. The molecule has 0 aromatic heterocycles. The highest BCUT2D eigenvalue weighted by atomic mass is 16.3. The molecule has 0 aliphatic carbocycles. The van der Waals surface area contributed by atoms with Gasteiger partial charge in [0.15, 0.2) is 0 Å². The van der Waals surface area contributed by atoms with E-state index in [1.165, 1.54) is 0 Å². The van der Waals surface area contributed by atoms with Gasteiger partial charge in [0, 0.05) is 24.0 Å². The number of aliphatic hydroxyl groups excluding tert-OH is 1. The van der Waals surface area contributed by atoms with Crippen molar-refractivity contribution in [3.8, 4) is 0 Å². The lowest BCUT2D eigenvalue weighted by atomic mass is 10.2. The third kappa shape index (κ3) is 1.88. The summed E-state index contributed by atoms with van der Waals surface area (Å²) in [5.41, 5.74) is 8.20. The van der Waals surface area contributed by atoms with Crippen LogP contribution in [0.2, 0.25) is 0 Å². The molecular formula is C7H14N4O. The van der Waals surface area contributed by atoms with Crippen LogP contribution < -0.4 is 0 Å². The second-order valence-corrected chi connectivity index (χ2v) is 3.39. The molecule has 1 saturated heterocycles. The monoisotopic (exact) mass is 170 g/mol. The lowest BCUT2D eigenvalue weighted by molar-refractivity contribution is 0.158. The molecule has 1 rings (SSSR count). The summed E-state index contributed by atoms with van der Waals surface area (Å²) in [6.07, 6.45) is -0.497. The number of hydrogen-bond acceptors (Lipinski definition) is 3. The molecule has 0 aromatic rings. The van der Waals surface area contributed by atoms with Crippen molar-refractivity contribution in [1.82, 2.24) is 4.90 Å². The molecule has 5 heteroatoms. The van der Waals surface area contributed by atoms with E-state index in [0.29, 0.717) is 19.1 Å². The number of rotatable bonds is 2. The van der Waals surface area contributed by atoms with Crippen molar-refractivity contribution in [2.24, 2.45) is 5.11 Å². The van der Waals surface area contributed by atoms with Crippen LogP contribution in [0.15, 0.2) is 5.11 Å². The Balaban J connectivity index is 2.55. The predicted molar refractivity (Wildman–Crippen MR) is 45.6 cm³/mol. The van der Waals surface area contributed by atoms with Gasteiger partial charge in [-0.05, 0) is 19.4 Å². The van der Waals surface area contributed by atoms with Gasteiger partial charge in [0.05, 0.1) is 12.1 Å². The summed E-state index contributed by atoms with van der Waals surface area (Å²) in [5.74, 6) is 0. The summed E-state index contributed by atoms with van der Waals surface area (Å²) in [5, 5.41) is 13.0. The van der Waals surface area contributed by atoms with Crippen LogP contribution in [0.25, 0.3) is 10.4 Å². The largest absolute Gasteiger partial charge is 0.391 e. The van der Waals surface area contributed by atoms with Gasteiger partial charge in [-0.25, -0.2) is 0 Å². The predicted octanol–water partition coefficient (Wildman–Crippen LogP) is 0.750. The number of aliphatic hydroxyl groups is 1. The van der Waals surface area contributed by atoms with Crippen molar-refractivity contribution >= 4 is 0 Å². The fraction of sp³-hybridized carbons (Fsp3) is 1.00. The van der Waals surface area contributed by atoms with Gasteiger partial charge < -0.3 is 5.11 Å². The maximum atomic E-state index is 9.43. The van der Waals surface area contributed by atoms with Crippen molar-refractivity contribution < 1.29 is 5.11 Å². The summed E-state index contributed by atoms with van der Waals surface area (Å²) >= 11 is 0. The second kappa shape index (κ2) is 3.76. The minimum Gasteiger partial charge on any atom is -0.391 e. The molecule has 0 bridgehead atoms. The maximum Gasteiger partial charge on any atom is 0.0773 e. The first kappa shape index (κ1) is 9.32. The molecule has 1 aliphatic heterocycles. The molecule has 5 nitrogen and oxygen atoms in total. The second-order valence-electron chi connectivity index (χ2n) is 3.39. The molecule has 0 spiro atoms. The van der Waals surface area contributed by atoms with Crippen molar-refractivity contribution in [3.05, 3.63) is 10.4 Å². The molecule has 1 aliphatic rings. The quantitative estimate of drug-likeness (QED) is 0.377. The average molecular weight is 170 g/mol. The molecule has 0 amide bonds. The molecular weight excluding hydrogens is 156 g/mol. The standard InChI is InChI=1S/C7H14N4O/c1-5(2)11-3-6(9-10-8)7(12)4-11/h5-7,12H,3-4H2,1-2H3. The van der Waals surface area contributed by atoms with Crippen LogP contribution in [-0.4, -0.2) is 41.3 Å². The molecule has 0 radical (unpaired) electrons. The lowest BCUT2D eigenvalue weighted by Crippen LogP contribution is -2.29. The van der Waals surface area contributed by atoms with Crippen LogP contribution in [0.4, 0.5) is 0 Å². The van der Waals surface area contributed by atoms with Gasteiger partial charge in [0.2, 0.25) is 0 Å². The fourth-order valence-corrected chi connectivity index (χ4v) is 1.40. The van der Waals surface area contributed by atoms with Gasteiger partial charge in [-0.1, -0.05) is 5.11 Å². The van der Waals surface area contributed by atoms with Crippen LogP contribution in [0.3, 0.4) is 0 Å². The lowest BCUT2D eigenvalue weighted by Gasteiger charge is -2.18. The van der Waals surface area contributed by atoms with Crippen LogP contribution in [0.5, 0.6) is 0 Å². The van der Waals surface area contributed by atoms with Crippen molar-refractivity contribution in [1.29, 1.82) is 0 Å². The van der Waals surface area contributed by atoms with E-state index in [-0.39, 0.29) is 6.04 Å². The smallest absolute Gasteiger partial charge is 0.0773 e. The normalized spacial score (nSPS) is 30.7. The summed E-state index contributed by atoms with van der Waals surface area (Å²) in [6, 6.07) is 0.135. The summed E-state index contributed by atoms with van der Waals surface area (Å²) in [7, 11) is 0. The number of nitrogens with zero attached hydrogens (tertiary/aromatic N) is 4. The van der Waals surface area contributed by atoms with E-state index in [4.69, 9.17) is 5.53 Å².